The van der Waals surface area contributed by atoms with E-state index in [4.69, 9.17) is 0 Å². The van der Waals surface area contributed by atoms with Crippen LogP contribution in [0.15, 0.2) is 0 Å². The van der Waals surface area contributed by atoms with Crippen molar-refractivity contribution in [2.75, 3.05) is 37.4 Å². The summed E-state index contributed by atoms with van der Waals surface area (Å²) in [5.41, 5.74) is 0. The van der Waals surface area contributed by atoms with E-state index in [-0.39, 0.29) is 42.3 Å². The maximum absolute atomic E-state index is 12.4. The largest absolute Gasteiger partial charge is 0.339 e. The summed E-state index contributed by atoms with van der Waals surface area (Å²) >= 11 is 0. The van der Waals surface area contributed by atoms with E-state index in [1.54, 1.807) is 4.90 Å². The predicted octanol–water partition coefficient (Wildman–Crippen LogP) is 0.330. The molecule has 0 spiro atoms. The molecule has 9 heteroatoms. The molecule has 0 bridgehead atoms. The van der Waals surface area contributed by atoms with Gasteiger partial charge in [0.2, 0.25) is 15.9 Å². The van der Waals surface area contributed by atoms with Gasteiger partial charge in [-0.05, 0) is 19.3 Å². The molecule has 1 amide bonds. The van der Waals surface area contributed by atoms with Gasteiger partial charge in [-0.1, -0.05) is 13.8 Å². The minimum atomic E-state index is -3.36. The van der Waals surface area contributed by atoms with Crippen LogP contribution in [0, 0.1) is 5.92 Å². The highest BCUT2D eigenvalue weighted by atomic mass is 32.2. The normalized spacial score (nSPS) is 21.0. The Morgan fingerprint density at radius 1 is 1.30 bits per heavy atom. The van der Waals surface area contributed by atoms with Crippen LogP contribution in [-0.2, 0) is 24.7 Å². The first-order valence-corrected chi connectivity index (χ1v) is 11.6. The lowest BCUT2D eigenvalue weighted by molar-refractivity contribution is -0.132. The number of carbonyl (C=O) groups excluding carboxylic acids is 1. The van der Waals surface area contributed by atoms with E-state index < -0.39 is 19.9 Å². The van der Waals surface area contributed by atoms with E-state index in [9.17, 15) is 21.6 Å². The molecule has 0 aromatic rings. The molecule has 0 aromatic carbocycles. The fourth-order valence-corrected chi connectivity index (χ4v) is 5.55. The Morgan fingerprint density at radius 3 is 2.30 bits per heavy atom. The van der Waals surface area contributed by atoms with Crippen molar-refractivity contribution in [3.05, 3.63) is 0 Å². The van der Waals surface area contributed by atoms with E-state index in [0.717, 1.165) is 6.26 Å². The average molecular weight is 369 g/mol. The van der Waals surface area contributed by atoms with E-state index in [1.807, 2.05) is 20.8 Å². The van der Waals surface area contributed by atoms with Crippen LogP contribution in [-0.4, -0.2) is 75.4 Å². The molecule has 1 aliphatic rings. The number of rotatable bonds is 8. The quantitative estimate of drug-likeness (QED) is 0.616. The number of amides is 1. The number of sulfone groups is 1. The Kier molecular flexibility index (Phi) is 7.03. The highest BCUT2D eigenvalue weighted by molar-refractivity contribution is 7.91. The molecule has 1 rings (SSSR count). The fraction of sp³-hybridized carbons (Fsp3) is 0.929. The van der Waals surface area contributed by atoms with Crippen molar-refractivity contribution in [3.63, 3.8) is 0 Å². The van der Waals surface area contributed by atoms with E-state index in [2.05, 4.69) is 0 Å². The van der Waals surface area contributed by atoms with Crippen LogP contribution in [0.25, 0.3) is 0 Å². The number of nitrogens with zero attached hydrogens (tertiary/aromatic N) is 2. The van der Waals surface area contributed by atoms with Gasteiger partial charge in [-0.15, -0.1) is 0 Å². The summed E-state index contributed by atoms with van der Waals surface area (Å²) in [4.78, 5) is 14.0. The highest BCUT2D eigenvalue weighted by Gasteiger charge is 2.34. The Labute approximate surface area is 140 Å². The second-order valence-electron chi connectivity index (χ2n) is 6.50. The molecule has 1 atom stereocenters. The number of carbonyl (C=O) groups is 1. The van der Waals surface area contributed by atoms with Crippen molar-refractivity contribution in [2.45, 2.75) is 39.7 Å². The third kappa shape index (κ3) is 6.39. The maximum atomic E-state index is 12.4. The lowest BCUT2D eigenvalue weighted by Crippen LogP contribution is -2.43. The molecule has 0 aliphatic carbocycles. The minimum absolute atomic E-state index is 0.00830. The Balaban J connectivity index is 2.69. The molecular formula is C14H28N2O5S2. The molecule has 1 heterocycles. The molecule has 23 heavy (non-hydrogen) atoms. The molecule has 1 fully saturated rings. The molecule has 7 nitrogen and oxygen atoms in total. The summed E-state index contributed by atoms with van der Waals surface area (Å²) < 4.78 is 48.0. The molecule has 0 aromatic heterocycles. The summed E-state index contributed by atoms with van der Waals surface area (Å²) in [7, 11) is -6.41. The Bertz CT molecular complexity index is 613. The zero-order valence-corrected chi connectivity index (χ0v) is 16.0. The van der Waals surface area contributed by atoms with Gasteiger partial charge < -0.3 is 4.90 Å². The van der Waals surface area contributed by atoms with E-state index >= 15 is 0 Å². The molecule has 1 aliphatic heterocycles. The van der Waals surface area contributed by atoms with Crippen molar-refractivity contribution >= 4 is 25.8 Å². The topological polar surface area (TPSA) is 91.8 Å². The van der Waals surface area contributed by atoms with Crippen molar-refractivity contribution in [1.29, 1.82) is 0 Å². The third-order valence-corrected chi connectivity index (χ3v) is 6.94. The van der Waals surface area contributed by atoms with Crippen LogP contribution in [0.2, 0.25) is 0 Å². The van der Waals surface area contributed by atoms with Gasteiger partial charge in [0.1, 0.15) is 0 Å². The predicted molar refractivity (Wildman–Crippen MR) is 90.3 cm³/mol. The number of hydrogen-bond donors (Lipinski definition) is 0. The maximum Gasteiger partial charge on any atom is 0.224 e. The van der Waals surface area contributed by atoms with Crippen molar-refractivity contribution in [2.24, 2.45) is 5.92 Å². The van der Waals surface area contributed by atoms with E-state index in [1.165, 1.54) is 4.31 Å². The van der Waals surface area contributed by atoms with Gasteiger partial charge in [0.15, 0.2) is 9.84 Å². The lowest BCUT2D eigenvalue weighted by Gasteiger charge is -2.28. The van der Waals surface area contributed by atoms with Gasteiger partial charge in [-0.25, -0.2) is 21.1 Å². The van der Waals surface area contributed by atoms with Crippen LogP contribution >= 0.6 is 0 Å². The second-order valence-corrected chi connectivity index (χ2v) is 10.7. The first-order valence-electron chi connectivity index (χ1n) is 7.91. The van der Waals surface area contributed by atoms with Gasteiger partial charge in [-0.2, -0.15) is 0 Å². The molecule has 1 unspecified atom stereocenters. The van der Waals surface area contributed by atoms with Crippen molar-refractivity contribution in [3.8, 4) is 0 Å². The van der Waals surface area contributed by atoms with Crippen LogP contribution in [0.1, 0.15) is 33.6 Å². The van der Waals surface area contributed by atoms with Gasteiger partial charge >= 0.3 is 0 Å². The summed E-state index contributed by atoms with van der Waals surface area (Å²) in [6.07, 6.45) is 1.68. The average Bonchev–Trinajstić information content (AvgIpc) is 2.74. The first kappa shape index (κ1) is 20.4. The van der Waals surface area contributed by atoms with Gasteiger partial charge in [-0.3, -0.25) is 4.79 Å². The molecule has 0 saturated carbocycles. The van der Waals surface area contributed by atoms with E-state index in [0.29, 0.717) is 19.5 Å². The summed E-state index contributed by atoms with van der Waals surface area (Å²) in [6, 6.07) is -0.283. The van der Waals surface area contributed by atoms with Crippen molar-refractivity contribution in [1.82, 2.24) is 9.21 Å². The lowest BCUT2D eigenvalue weighted by atomic mass is 10.2. The SMILES string of the molecule is CCN(C(=O)CCN(CC(C)C)S(C)(=O)=O)C1CCS(=O)(=O)C1. The van der Waals surface area contributed by atoms with Gasteiger partial charge in [0.25, 0.3) is 0 Å². The Hall–Kier alpha value is -0.670. The van der Waals surface area contributed by atoms with Crippen LogP contribution < -0.4 is 0 Å². The van der Waals surface area contributed by atoms with Gasteiger partial charge in [0.05, 0.1) is 17.8 Å². The first-order chi connectivity index (χ1) is 10.5. The third-order valence-electron chi connectivity index (χ3n) is 3.92. The fourth-order valence-electron chi connectivity index (χ4n) is 2.82. The molecule has 136 valence electrons. The summed E-state index contributed by atoms with van der Waals surface area (Å²) in [6.45, 7) is 6.58. The van der Waals surface area contributed by atoms with Gasteiger partial charge in [0, 0.05) is 32.1 Å². The van der Waals surface area contributed by atoms with Crippen LogP contribution in [0.4, 0.5) is 0 Å². The number of hydrogen-bond acceptors (Lipinski definition) is 5. The smallest absolute Gasteiger partial charge is 0.224 e. The Morgan fingerprint density at radius 2 is 1.91 bits per heavy atom. The molecule has 0 radical (unpaired) electrons. The molecule has 1 saturated heterocycles. The standard InChI is InChI=1S/C14H28N2O5S2/c1-5-16(13-7-9-23(20,21)11-13)14(17)6-8-15(10-12(2)3)22(4,18)19/h12-13H,5-11H2,1-4H3. The highest BCUT2D eigenvalue weighted by Crippen LogP contribution is 2.18. The zero-order chi connectivity index (χ0) is 17.8. The number of sulfonamides is 1. The molecule has 0 N–H and O–H groups in total. The van der Waals surface area contributed by atoms with Crippen LogP contribution in [0.5, 0.6) is 0 Å². The summed E-state index contributed by atoms with van der Waals surface area (Å²) in [5, 5.41) is 0. The molecular weight excluding hydrogens is 340 g/mol. The minimum Gasteiger partial charge on any atom is -0.339 e. The zero-order valence-electron chi connectivity index (χ0n) is 14.4. The van der Waals surface area contributed by atoms with Crippen molar-refractivity contribution < 1.29 is 21.6 Å². The van der Waals surface area contributed by atoms with Crippen LogP contribution in [0.3, 0.4) is 0 Å². The summed E-state index contributed by atoms with van der Waals surface area (Å²) in [5.74, 6) is 0.104. The monoisotopic (exact) mass is 368 g/mol. The second kappa shape index (κ2) is 7.94.